The summed E-state index contributed by atoms with van der Waals surface area (Å²) in [4.78, 5) is 13.2. The zero-order valence-corrected chi connectivity index (χ0v) is 30.4. The number of furan rings is 1. The molecule has 0 aliphatic carbocycles. The molecule has 0 amide bonds. The number of hydrogen-bond donors (Lipinski definition) is 0. The van der Waals surface area contributed by atoms with Crippen molar-refractivity contribution in [2.45, 2.75) is 0 Å². The fourth-order valence-electron chi connectivity index (χ4n) is 7.85. The van der Waals surface area contributed by atoms with Crippen molar-refractivity contribution in [3.63, 3.8) is 0 Å². The minimum atomic E-state index is 0.657. The molecule has 0 unspecified atom stereocenters. The smallest absolute Gasteiger partial charge is 0.161 e. The Morgan fingerprint density at radius 2 is 1.11 bits per heavy atom. The van der Waals surface area contributed by atoms with Gasteiger partial charge in [0, 0.05) is 49.4 Å². The largest absolute Gasteiger partial charge is 0.456 e. The molecule has 0 aliphatic heterocycles. The van der Waals surface area contributed by atoms with Gasteiger partial charge in [0.15, 0.2) is 5.82 Å². The number of fused-ring (bicyclic) bond motifs is 7. The Balaban J connectivity index is 1.19. The molecule has 258 valence electrons. The summed E-state index contributed by atoms with van der Waals surface area (Å²) >= 11 is 1.75. The lowest BCUT2D eigenvalue weighted by molar-refractivity contribution is 0.669. The third-order valence-corrected chi connectivity index (χ3v) is 11.6. The Labute approximate surface area is 321 Å². The van der Waals surface area contributed by atoms with Gasteiger partial charge in [-0.1, -0.05) is 133 Å². The molecule has 0 bridgehead atoms. The van der Waals surface area contributed by atoms with Crippen LogP contribution in [0, 0.1) is 0 Å². The topological polar surface area (TPSA) is 42.2 Å². The average molecular weight is 722 g/mol. The van der Waals surface area contributed by atoms with Crippen LogP contribution in [0.1, 0.15) is 0 Å². The van der Waals surface area contributed by atoms with E-state index < -0.39 is 0 Å². The minimum Gasteiger partial charge on any atom is -0.456 e. The van der Waals surface area contributed by atoms with Crippen molar-refractivity contribution in [1.29, 1.82) is 0 Å². The maximum absolute atomic E-state index is 6.68. The van der Waals surface area contributed by atoms with E-state index in [0.717, 1.165) is 77.0 Å². The first-order valence-corrected chi connectivity index (χ1v) is 19.2. The van der Waals surface area contributed by atoms with Gasteiger partial charge < -0.3 is 9.32 Å². The van der Waals surface area contributed by atoms with Crippen LogP contribution < -0.4 is 4.90 Å². The molecule has 8 aromatic carbocycles. The number of anilines is 3. The number of hydrogen-bond acceptors (Lipinski definition) is 5. The van der Waals surface area contributed by atoms with Crippen molar-refractivity contribution in [3.8, 4) is 33.8 Å². The maximum Gasteiger partial charge on any atom is 0.161 e. The molecule has 0 N–H and O–H groups in total. The van der Waals surface area contributed by atoms with Crippen molar-refractivity contribution in [2.75, 3.05) is 4.90 Å². The standard InChI is InChI=1S/C50H31N3OS/c1-3-13-32(14-4-1)34-25-27-38(28-26-34)53(37-17-5-2-6-18-37)39-30-42(46-40-19-9-11-21-43(40)54-44(46)31-39)50-51-47(36-24-23-33-15-7-8-16-35(33)29-36)49-48(52-50)41-20-10-12-22-45(41)55-49/h1-31H. The predicted octanol–water partition coefficient (Wildman–Crippen LogP) is 14.4. The molecule has 3 aromatic heterocycles. The normalized spacial score (nSPS) is 11.6. The van der Waals surface area contributed by atoms with Gasteiger partial charge in [0.1, 0.15) is 11.2 Å². The van der Waals surface area contributed by atoms with Crippen LogP contribution in [0.3, 0.4) is 0 Å². The molecular formula is C50H31N3OS. The van der Waals surface area contributed by atoms with Gasteiger partial charge in [-0.3, -0.25) is 0 Å². The van der Waals surface area contributed by atoms with E-state index in [1.54, 1.807) is 11.3 Å². The third kappa shape index (κ3) is 5.36. The summed E-state index contributed by atoms with van der Waals surface area (Å²) < 4.78 is 8.95. The third-order valence-electron chi connectivity index (χ3n) is 10.5. The van der Waals surface area contributed by atoms with Gasteiger partial charge in [0.2, 0.25) is 0 Å². The monoisotopic (exact) mass is 721 g/mol. The number of rotatable bonds is 6. The molecule has 0 radical (unpaired) electrons. The SMILES string of the molecule is c1ccc(-c2ccc(N(c3ccccc3)c3cc(-c4nc(-c5ccc6ccccc6c5)c5sc6ccccc6c5n4)c4c(c3)oc3ccccc34)cc2)cc1. The second-order valence-electron chi connectivity index (χ2n) is 13.8. The molecule has 0 atom stereocenters. The van der Waals surface area contributed by atoms with Gasteiger partial charge >= 0.3 is 0 Å². The zero-order valence-electron chi connectivity index (χ0n) is 29.6. The Bertz CT molecular complexity index is 3200. The summed E-state index contributed by atoms with van der Waals surface area (Å²) in [6, 6.07) is 66.0. The van der Waals surface area contributed by atoms with Gasteiger partial charge in [-0.25, -0.2) is 9.97 Å². The summed E-state index contributed by atoms with van der Waals surface area (Å²) in [6.45, 7) is 0. The molecule has 0 saturated heterocycles. The zero-order chi connectivity index (χ0) is 36.3. The van der Waals surface area contributed by atoms with Crippen LogP contribution in [0.25, 0.3) is 86.8 Å². The first kappa shape index (κ1) is 31.4. The molecule has 0 fully saturated rings. The number of aromatic nitrogens is 2. The fraction of sp³-hybridized carbons (Fsp3) is 0. The van der Waals surface area contributed by atoms with Crippen molar-refractivity contribution < 1.29 is 4.42 Å². The Morgan fingerprint density at radius 1 is 0.455 bits per heavy atom. The Hall–Kier alpha value is -7.08. The molecule has 11 aromatic rings. The Kier molecular flexibility index (Phi) is 7.32. The summed E-state index contributed by atoms with van der Waals surface area (Å²) in [7, 11) is 0. The van der Waals surface area contributed by atoms with Crippen molar-refractivity contribution in [1.82, 2.24) is 9.97 Å². The number of thiophene rings is 1. The van der Waals surface area contributed by atoms with E-state index in [9.17, 15) is 0 Å². The molecule has 3 heterocycles. The van der Waals surface area contributed by atoms with E-state index in [2.05, 4.69) is 175 Å². The van der Waals surface area contributed by atoms with E-state index in [-0.39, 0.29) is 0 Å². The van der Waals surface area contributed by atoms with E-state index >= 15 is 0 Å². The first-order chi connectivity index (χ1) is 27.2. The van der Waals surface area contributed by atoms with Crippen molar-refractivity contribution in [2.24, 2.45) is 0 Å². The van der Waals surface area contributed by atoms with Gasteiger partial charge in [0.05, 0.1) is 21.6 Å². The van der Waals surface area contributed by atoms with Crippen LogP contribution in [0.2, 0.25) is 0 Å². The van der Waals surface area contributed by atoms with E-state index in [1.807, 2.05) is 18.2 Å². The van der Waals surface area contributed by atoms with Crippen LogP contribution in [0.4, 0.5) is 17.1 Å². The van der Waals surface area contributed by atoms with Gasteiger partial charge in [0.25, 0.3) is 0 Å². The van der Waals surface area contributed by atoms with E-state index in [4.69, 9.17) is 14.4 Å². The second-order valence-corrected chi connectivity index (χ2v) is 14.8. The molecule has 0 aliphatic rings. The first-order valence-electron chi connectivity index (χ1n) is 18.4. The van der Waals surface area contributed by atoms with Crippen LogP contribution in [-0.4, -0.2) is 9.97 Å². The van der Waals surface area contributed by atoms with Crippen LogP contribution >= 0.6 is 11.3 Å². The maximum atomic E-state index is 6.68. The highest BCUT2D eigenvalue weighted by Crippen LogP contribution is 2.45. The summed E-state index contributed by atoms with van der Waals surface area (Å²) in [5.74, 6) is 0.657. The molecule has 0 spiro atoms. The fourth-order valence-corrected chi connectivity index (χ4v) is 9.00. The van der Waals surface area contributed by atoms with Crippen molar-refractivity contribution >= 4 is 81.4 Å². The highest BCUT2D eigenvalue weighted by atomic mass is 32.1. The second kappa shape index (κ2) is 12.8. The lowest BCUT2D eigenvalue weighted by Crippen LogP contribution is -2.10. The van der Waals surface area contributed by atoms with Crippen LogP contribution in [0.5, 0.6) is 0 Å². The molecule has 55 heavy (non-hydrogen) atoms. The van der Waals surface area contributed by atoms with E-state index in [1.165, 1.54) is 21.0 Å². The number of nitrogens with zero attached hydrogens (tertiary/aromatic N) is 3. The van der Waals surface area contributed by atoms with Gasteiger partial charge in [-0.15, -0.1) is 11.3 Å². The predicted molar refractivity (Wildman–Crippen MR) is 231 cm³/mol. The number of para-hydroxylation sites is 2. The Morgan fingerprint density at radius 3 is 1.95 bits per heavy atom. The minimum absolute atomic E-state index is 0.657. The molecule has 11 rings (SSSR count). The highest BCUT2D eigenvalue weighted by molar-refractivity contribution is 7.26. The molecule has 5 heteroatoms. The van der Waals surface area contributed by atoms with Crippen molar-refractivity contribution in [3.05, 3.63) is 188 Å². The molecular weight excluding hydrogens is 691 g/mol. The number of benzene rings is 8. The lowest BCUT2D eigenvalue weighted by atomic mass is 10.0. The highest BCUT2D eigenvalue weighted by Gasteiger charge is 2.23. The average Bonchev–Trinajstić information content (AvgIpc) is 3.82. The van der Waals surface area contributed by atoms with Crippen LogP contribution in [0.15, 0.2) is 192 Å². The molecule has 0 saturated carbocycles. The summed E-state index contributed by atoms with van der Waals surface area (Å²) in [6.07, 6.45) is 0. The quantitative estimate of drug-likeness (QED) is 0.171. The summed E-state index contributed by atoms with van der Waals surface area (Å²) in [5, 5.41) is 5.53. The van der Waals surface area contributed by atoms with E-state index in [0.29, 0.717) is 5.82 Å². The summed E-state index contributed by atoms with van der Waals surface area (Å²) in [5.41, 5.74) is 10.8. The molecule has 4 nitrogen and oxygen atoms in total. The van der Waals surface area contributed by atoms with Crippen LogP contribution in [-0.2, 0) is 0 Å². The van der Waals surface area contributed by atoms with Gasteiger partial charge in [-0.05, 0) is 70.4 Å². The van der Waals surface area contributed by atoms with Gasteiger partial charge in [-0.2, -0.15) is 0 Å². The lowest BCUT2D eigenvalue weighted by Gasteiger charge is -2.26.